The fraction of sp³-hybridized carbons (Fsp3) is 0.200. The first-order valence-corrected chi connectivity index (χ1v) is 8.13. The maximum absolute atomic E-state index is 13.0. The first kappa shape index (κ1) is 20.2. The van der Waals surface area contributed by atoms with E-state index in [1.54, 1.807) is 6.08 Å². The molecule has 0 aliphatic rings. The highest BCUT2D eigenvalue weighted by atomic mass is 19.4. The number of halogens is 3. The van der Waals surface area contributed by atoms with E-state index in [4.69, 9.17) is 0 Å². The van der Waals surface area contributed by atoms with Crippen LogP contribution in [-0.4, -0.2) is 30.3 Å². The van der Waals surface area contributed by atoms with Gasteiger partial charge in [-0.2, -0.15) is 13.2 Å². The summed E-state index contributed by atoms with van der Waals surface area (Å²) in [4.78, 5) is 25.2. The van der Waals surface area contributed by atoms with Crippen molar-refractivity contribution in [2.75, 3.05) is 18.9 Å². The lowest BCUT2D eigenvalue weighted by Gasteiger charge is -2.17. The average Bonchev–Trinajstić information content (AvgIpc) is 2.59. The van der Waals surface area contributed by atoms with E-state index in [1.165, 1.54) is 31.3 Å². The van der Waals surface area contributed by atoms with Gasteiger partial charge in [0.2, 0.25) is 11.8 Å². The van der Waals surface area contributed by atoms with Crippen molar-refractivity contribution in [1.29, 1.82) is 0 Å². The molecular weight excluding hydrogens is 357 g/mol. The van der Waals surface area contributed by atoms with Crippen molar-refractivity contribution in [3.05, 3.63) is 71.3 Å². The molecule has 0 fully saturated rings. The number of para-hydroxylation sites is 1. The van der Waals surface area contributed by atoms with Crippen molar-refractivity contribution in [3.8, 4) is 0 Å². The molecule has 0 bridgehead atoms. The Kier molecular flexibility index (Phi) is 6.39. The quantitative estimate of drug-likeness (QED) is 0.798. The number of benzene rings is 2. The molecule has 7 heteroatoms. The fourth-order valence-corrected chi connectivity index (χ4v) is 2.39. The number of alkyl halides is 3. The Bertz CT molecular complexity index is 860. The lowest BCUT2D eigenvalue weighted by atomic mass is 10.1. The van der Waals surface area contributed by atoms with Gasteiger partial charge in [0.1, 0.15) is 0 Å². The highest BCUT2D eigenvalue weighted by Crippen LogP contribution is 2.34. The number of nitrogens with zero attached hydrogens (tertiary/aromatic N) is 1. The molecule has 4 nitrogen and oxygen atoms in total. The molecule has 0 saturated carbocycles. The van der Waals surface area contributed by atoms with E-state index in [2.05, 4.69) is 5.32 Å². The van der Waals surface area contributed by atoms with Gasteiger partial charge in [-0.1, -0.05) is 42.0 Å². The van der Waals surface area contributed by atoms with Crippen LogP contribution in [0.2, 0.25) is 0 Å². The van der Waals surface area contributed by atoms with Crippen LogP contribution in [0.25, 0.3) is 6.08 Å². The van der Waals surface area contributed by atoms with Gasteiger partial charge < -0.3 is 10.2 Å². The van der Waals surface area contributed by atoms with Gasteiger partial charge in [-0.15, -0.1) is 0 Å². The van der Waals surface area contributed by atoms with Crippen LogP contribution in [0.15, 0.2) is 54.6 Å². The largest absolute Gasteiger partial charge is 0.418 e. The minimum absolute atomic E-state index is 0.342. The Hall–Kier alpha value is -3.09. The first-order chi connectivity index (χ1) is 12.7. The fourth-order valence-electron chi connectivity index (χ4n) is 2.39. The van der Waals surface area contributed by atoms with Crippen molar-refractivity contribution in [2.24, 2.45) is 0 Å². The number of carbonyl (C=O) groups excluding carboxylic acids is 2. The first-order valence-electron chi connectivity index (χ1n) is 8.13. The maximum Gasteiger partial charge on any atom is 0.418 e. The predicted molar refractivity (Wildman–Crippen MR) is 97.9 cm³/mol. The summed E-state index contributed by atoms with van der Waals surface area (Å²) in [6.07, 6.45) is -1.66. The van der Waals surface area contributed by atoms with Crippen molar-refractivity contribution in [1.82, 2.24) is 4.90 Å². The number of anilines is 1. The van der Waals surface area contributed by atoms with Crippen molar-refractivity contribution in [2.45, 2.75) is 13.1 Å². The van der Waals surface area contributed by atoms with Gasteiger partial charge in [-0.25, -0.2) is 0 Å². The summed E-state index contributed by atoms with van der Waals surface area (Å²) in [6.45, 7) is 1.55. The Morgan fingerprint density at radius 1 is 1.11 bits per heavy atom. The molecule has 0 radical (unpaired) electrons. The Labute approximate surface area is 155 Å². The molecule has 0 unspecified atom stereocenters. The SMILES string of the molecule is Cc1cccc(/C=C/C(=O)N(C)CC(=O)Nc2ccccc2C(F)(F)F)c1. The lowest BCUT2D eigenvalue weighted by molar-refractivity contribution is -0.137. The van der Waals surface area contributed by atoms with E-state index < -0.39 is 23.6 Å². The van der Waals surface area contributed by atoms with Gasteiger partial charge in [0.05, 0.1) is 17.8 Å². The van der Waals surface area contributed by atoms with Crippen molar-refractivity contribution < 1.29 is 22.8 Å². The van der Waals surface area contributed by atoms with Gasteiger partial charge in [-0.3, -0.25) is 9.59 Å². The lowest BCUT2D eigenvalue weighted by Crippen LogP contribution is -2.34. The molecule has 2 aromatic rings. The highest BCUT2D eigenvalue weighted by Gasteiger charge is 2.33. The third kappa shape index (κ3) is 5.99. The van der Waals surface area contributed by atoms with E-state index in [9.17, 15) is 22.8 Å². The zero-order valence-corrected chi connectivity index (χ0v) is 14.9. The van der Waals surface area contributed by atoms with Crippen LogP contribution in [0.5, 0.6) is 0 Å². The van der Waals surface area contributed by atoms with Gasteiger partial charge >= 0.3 is 6.18 Å². The number of nitrogens with one attached hydrogen (secondary N) is 1. The van der Waals surface area contributed by atoms with E-state index >= 15 is 0 Å². The summed E-state index contributed by atoms with van der Waals surface area (Å²) in [5.41, 5.74) is 0.596. The Balaban J connectivity index is 1.98. The second-order valence-electron chi connectivity index (χ2n) is 6.03. The summed E-state index contributed by atoms with van der Waals surface area (Å²) in [5, 5.41) is 2.21. The smallest absolute Gasteiger partial charge is 0.333 e. The molecule has 0 spiro atoms. The number of hydrogen-bond donors (Lipinski definition) is 1. The predicted octanol–water partition coefficient (Wildman–Crippen LogP) is 4.12. The molecule has 0 aliphatic carbocycles. The third-order valence-electron chi connectivity index (χ3n) is 3.72. The van der Waals surface area contributed by atoms with Crippen LogP contribution in [0.3, 0.4) is 0 Å². The molecule has 2 amide bonds. The van der Waals surface area contributed by atoms with Gasteiger partial charge in [-0.05, 0) is 30.7 Å². The van der Waals surface area contributed by atoms with Crippen LogP contribution in [0, 0.1) is 6.92 Å². The molecule has 2 rings (SSSR count). The minimum atomic E-state index is -4.58. The number of rotatable bonds is 5. The van der Waals surface area contributed by atoms with Crippen LogP contribution in [-0.2, 0) is 15.8 Å². The van der Waals surface area contributed by atoms with Gasteiger partial charge in [0.25, 0.3) is 0 Å². The van der Waals surface area contributed by atoms with E-state index in [1.807, 2.05) is 31.2 Å². The van der Waals surface area contributed by atoms with E-state index in [0.717, 1.165) is 22.1 Å². The molecule has 2 aromatic carbocycles. The molecule has 0 aromatic heterocycles. The van der Waals surface area contributed by atoms with Crippen LogP contribution in [0.4, 0.5) is 18.9 Å². The monoisotopic (exact) mass is 376 g/mol. The summed E-state index contributed by atoms with van der Waals surface area (Å²) in [7, 11) is 1.40. The second-order valence-corrected chi connectivity index (χ2v) is 6.03. The maximum atomic E-state index is 13.0. The standard InChI is InChI=1S/C20H19F3N2O2/c1-14-6-5-7-15(12-14)10-11-19(27)25(2)13-18(26)24-17-9-4-3-8-16(17)20(21,22)23/h3-12H,13H2,1-2H3,(H,24,26)/b11-10+. The topological polar surface area (TPSA) is 49.4 Å². The Morgan fingerprint density at radius 2 is 1.81 bits per heavy atom. The van der Waals surface area contributed by atoms with E-state index in [0.29, 0.717) is 0 Å². The van der Waals surface area contributed by atoms with Crippen molar-refractivity contribution in [3.63, 3.8) is 0 Å². The highest BCUT2D eigenvalue weighted by molar-refractivity contribution is 5.98. The van der Waals surface area contributed by atoms with Crippen LogP contribution in [0.1, 0.15) is 16.7 Å². The number of amides is 2. The second kappa shape index (κ2) is 8.53. The number of carbonyl (C=O) groups is 2. The average molecular weight is 376 g/mol. The summed E-state index contributed by atoms with van der Waals surface area (Å²) in [6, 6.07) is 12.2. The molecule has 27 heavy (non-hydrogen) atoms. The number of likely N-dealkylation sites (N-methyl/N-ethyl adjacent to an activating group) is 1. The zero-order chi connectivity index (χ0) is 20.0. The van der Waals surface area contributed by atoms with Crippen molar-refractivity contribution >= 4 is 23.6 Å². The Morgan fingerprint density at radius 3 is 2.48 bits per heavy atom. The van der Waals surface area contributed by atoms with Crippen LogP contribution >= 0.6 is 0 Å². The molecular formula is C20H19F3N2O2. The number of aryl methyl sites for hydroxylation is 1. The molecule has 0 atom stereocenters. The van der Waals surface area contributed by atoms with Gasteiger partial charge in [0, 0.05) is 13.1 Å². The van der Waals surface area contributed by atoms with Gasteiger partial charge in [0.15, 0.2) is 0 Å². The molecule has 0 saturated heterocycles. The zero-order valence-electron chi connectivity index (χ0n) is 14.9. The summed E-state index contributed by atoms with van der Waals surface area (Å²) < 4.78 is 38.9. The minimum Gasteiger partial charge on any atom is -0.333 e. The van der Waals surface area contributed by atoms with Crippen LogP contribution < -0.4 is 5.32 Å². The van der Waals surface area contributed by atoms with E-state index in [-0.39, 0.29) is 12.2 Å². The molecule has 0 heterocycles. The molecule has 1 N–H and O–H groups in total. The normalized spacial score (nSPS) is 11.4. The number of hydrogen-bond acceptors (Lipinski definition) is 2. The summed E-state index contributed by atoms with van der Waals surface area (Å²) in [5.74, 6) is -1.15. The summed E-state index contributed by atoms with van der Waals surface area (Å²) >= 11 is 0. The molecule has 142 valence electrons. The molecule has 0 aliphatic heterocycles. The third-order valence-corrected chi connectivity index (χ3v) is 3.72.